The van der Waals surface area contributed by atoms with E-state index >= 15 is 0 Å². The summed E-state index contributed by atoms with van der Waals surface area (Å²) in [6.07, 6.45) is 8.21. The van der Waals surface area contributed by atoms with E-state index in [9.17, 15) is 19.1 Å². The van der Waals surface area contributed by atoms with Crippen LogP contribution in [0.3, 0.4) is 0 Å². The number of aromatic nitrogens is 1. The van der Waals surface area contributed by atoms with Crippen LogP contribution < -0.4 is 9.47 Å². The number of aliphatic carboxylic acids is 2. The Morgan fingerprint density at radius 1 is 0.929 bits per heavy atom. The number of unbranched alkanes of at least 4 members (excludes halogenated alkanes) is 1. The number of rotatable bonds is 15. The Morgan fingerprint density at radius 2 is 1.67 bits per heavy atom. The molecule has 0 bridgehead atoms. The lowest BCUT2D eigenvalue weighted by molar-refractivity contribution is -0.138. The zero-order valence-electron chi connectivity index (χ0n) is 23.3. The number of fused-ring (bicyclic) bond motifs is 1. The topological polar surface area (TPSA) is 98.0 Å². The molecule has 0 atom stereocenters. The molecular formula is C33H33ClFNO6. The molecule has 7 nitrogen and oxygen atoms in total. The third kappa shape index (κ3) is 8.13. The Hall–Kier alpha value is -4.30. The summed E-state index contributed by atoms with van der Waals surface area (Å²) in [5, 5.41) is 19.6. The standard InChI is InChI=1S/C33H33ClFNO6/c1-22-10-17-28(35)33(31(22)34)42-19-3-2-18-41-26-15-12-23(13-16-26)11-14-24-6-4-8-27-25(7-5-9-29(37)38)20-36(32(24)27)21-30(39)40/h4,6,8,10-17,20H,2-3,5,7,9,18-19,21H2,1H3,(H,37,38)(H,39,40). The van der Waals surface area contributed by atoms with Crippen molar-refractivity contribution in [1.82, 2.24) is 4.57 Å². The van der Waals surface area contributed by atoms with Gasteiger partial charge < -0.3 is 24.3 Å². The number of hydrogen-bond acceptors (Lipinski definition) is 4. The lowest BCUT2D eigenvalue weighted by Crippen LogP contribution is -2.07. The number of nitrogens with zero attached hydrogens (tertiary/aromatic N) is 1. The molecule has 0 aliphatic heterocycles. The summed E-state index contributed by atoms with van der Waals surface area (Å²) in [7, 11) is 0. The van der Waals surface area contributed by atoms with E-state index in [-0.39, 0.29) is 18.7 Å². The second kappa shape index (κ2) is 14.5. The van der Waals surface area contributed by atoms with E-state index in [0.29, 0.717) is 37.5 Å². The highest BCUT2D eigenvalue weighted by atomic mass is 35.5. The summed E-state index contributed by atoms with van der Waals surface area (Å²) in [5.41, 5.74) is 4.31. The molecule has 42 heavy (non-hydrogen) atoms. The minimum atomic E-state index is -0.949. The predicted molar refractivity (Wildman–Crippen MR) is 162 cm³/mol. The van der Waals surface area contributed by atoms with Gasteiger partial charge in [0.1, 0.15) is 12.3 Å². The molecule has 0 radical (unpaired) electrons. The second-order valence-corrected chi connectivity index (χ2v) is 10.4. The first-order chi connectivity index (χ1) is 20.2. The van der Waals surface area contributed by atoms with Crippen molar-refractivity contribution in [2.45, 2.75) is 45.6 Å². The van der Waals surface area contributed by atoms with Crippen LogP contribution in [0.15, 0.2) is 60.8 Å². The first-order valence-electron chi connectivity index (χ1n) is 13.8. The minimum absolute atomic E-state index is 0.0594. The molecule has 1 heterocycles. The normalized spacial score (nSPS) is 11.3. The summed E-state index contributed by atoms with van der Waals surface area (Å²) in [6.45, 7) is 2.43. The number of carboxylic acids is 2. The van der Waals surface area contributed by atoms with E-state index in [0.717, 1.165) is 45.3 Å². The smallest absolute Gasteiger partial charge is 0.323 e. The number of halogens is 2. The van der Waals surface area contributed by atoms with Crippen LogP contribution in [0.1, 0.15) is 47.9 Å². The van der Waals surface area contributed by atoms with Gasteiger partial charge in [-0.1, -0.05) is 60.2 Å². The number of benzene rings is 3. The van der Waals surface area contributed by atoms with E-state index in [2.05, 4.69) is 0 Å². The molecule has 2 N–H and O–H groups in total. The molecular weight excluding hydrogens is 561 g/mol. The maximum atomic E-state index is 13.9. The fourth-order valence-electron chi connectivity index (χ4n) is 4.69. The van der Waals surface area contributed by atoms with Gasteiger partial charge >= 0.3 is 11.9 Å². The first-order valence-corrected chi connectivity index (χ1v) is 14.1. The molecule has 4 aromatic rings. The van der Waals surface area contributed by atoms with Crippen molar-refractivity contribution in [1.29, 1.82) is 0 Å². The van der Waals surface area contributed by atoms with Crippen molar-refractivity contribution in [3.05, 3.63) is 93.9 Å². The predicted octanol–water partition coefficient (Wildman–Crippen LogP) is 7.64. The Balaban J connectivity index is 1.34. The minimum Gasteiger partial charge on any atom is -0.494 e. The molecule has 220 valence electrons. The van der Waals surface area contributed by atoms with Gasteiger partial charge in [-0.05, 0) is 73.1 Å². The summed E-state index contributed by atoms with van der Waals surface area (Å²) < 4.78 is 27.0. The molecule has 0 aliphatic rings. The molecule has 0 saturated carbocycles. The lowest BCUT2D eigenvalue weighted by atomic mass is 10.0. The van der Waals surface area contributed by atoms with Gasteiger partial charge in [-0.15, -0.1) is 0 Å². The summed E-state index contributed by atoms with van der Waals surface area (Å²) in [4.78, 5) is 22.5. The van der Waals surface area contributed by atoms with Crippen LogP contribution in [0, 0.1) is 12.7 Å². The SMILES string of the molecule is Cc1ccc(F)c(OCCCCOc2ccc(C=Cc3cccc4c(CCCC(=O)O)cn(CC(=O)O)c34)cc2)c1Cl. The molecule has 0 aliphatic carbocycles. The van der Waals surface area contributed by atoms with Gasteiger partial charge in [0.25, 0.3) is 0 Å². The Morgan fingerprint density at radius 3 is 2.38 bits per heavy atom. The van der Waals surface area contributed by atoms with Gasteiger partial charge in [0, 0.05) is 18.0 Å². The van der Waals surface area contributed by atoms with Gasteiger partial charge in [0.15, 0.2) is 11.6 Å². The summed E-state index contributed by atoms with van der Waals surface area (Å²) in [6, 6.07) is 16.4. The van der Waals surface area contributed by atoms with Crippen molar-refractivity contribution in [3.63, 3.8) is 0 Å². The highest BCUT2D eigenvalue weighted by Gasteiger charge is 2.14. The molecule has 4 rings (SSSR count). The maximum absolute atomic E-state index is 13.9. The molecule has 0 amide bonds. The van der Waals surface area contributed by atoms with Crippen LogP contribution in [0.4, 0.5) is 4.39 Å². The molecule has 0 saturated heterocycles. The van der Waals surface area contributed by atoms with Crippen LogP contribution in [0.25, 0.3) is 23.1 Å². The Labute approximate surface area is 248 Å². The van der Waals surface area contributed by atoms with Gasteiger partial charge in [-0.2, -0.15) is 0 Å². The third-order valence-electron chi connectivity index (χ3n) is 6.79. The average molecular weight is 594 g/mol. The van der Waals surface area contributed by atoms with Crippen LogP contribution >= 0.6 is 11.6 Å². The van der Waals surface area contributed by atoms with Gasteiger partial charge in [0.2, 0.25) is 0 Å². The average Bonchev–Trinajstić information content (AvgIpc) is 3.30. The number of aryl methyl sites for hydroxylation is 2. The second-order valence-electron chi connectivity index (χ2n) is 9.98. The zero-order chi connectivity index (χ0) is 30.1. The molecule has 0 unspecified atom stereocenters. The maximum Gasteiger partial charge on any atom is 0.323 e. The molecule has 3 aromatic carbocycles. The molecule has 9 heteroatoms. The van der Waals surface area contributed by atoms with E-state index in [1.165, 1.54) is 6.07 Å². The van der Waals surface area contributed by atoms with E-state index in [4.69, 9.17) is 26.2 Å². The molecule has 1 aromatic heterocycles. The lowest BCUT2D eigenvalue weighted by Gasteiger charge is -2.11. The highest BCUT2D eigenvalue weighted by molar-refractivity contribution is 6.32. The van der Waals surface area contributed by atoms with E-state index < -0.39 is 17.8 Å². The molecule has 0 spiro atoms. The number of carboxylic acid groups (broad SMARTS) is 2. The zero-order valence-corrected chi connectivity index (χ0v) is 24.1. The largest absolute Gasteiger partial charge is 0.494 e. The van der Waals surface area contributed by atoms with Crippen LogP contribution in [0.5, 0.6) is 11.5 Å². The van der Waals surface area contributed by atoms with Crippen LogP contribution in [-0.2, 0) is 22.6 Å². The summed E-state index contributed by atoms with van der Waals surface area (Å²) >= 11 is 6.13. The fraction of sp³-hybridized carbons (Fsp3) is 0.273. The number of carbonyl (C=O) groups is 2. The highest BCUT2D eigenvalue weighted by Crippen LogP contribution is 2.31. The Kier molecular flexibility index (Phi) is 10.6. The Bertz CT molecular complexity index is 1580. The van der Waals surface area contributed by atoms with Gasteiger partial charge in [-0.25, -0.2) is 4.39 Å². The van der Waals surface area contributed by atoms with Crippen molar-refractivity contribution >= 4 is 46.6 Å². The quantitative estimate of drug-likeness (QED) is 0.109. The van der Waals surface area contributed by atoms with Crippen LogP contribution in [-0.4, -0.2) is 39.9 Å². The van der Waals surface area contributed by atoms with Crippen LogP contribution in [0.2, 0.25) is 5.02 Å². The van der Waals surface area contributed by atoms with Gasteiger partial charge in [-0.3, -0.25) is 9.59 Å². The first kappa shape index (κ1) is 30.7. The number of para-hydroxylation sites is 1. The summed E-state index contributed by atoms with van der Waals surface area (Å²) in [5.74, 6) is -1.46. The van der Waals surface area contributed by atoms with Crippen molar-refractivity contribution < 1.29 is 33.7 Å². The monoisotopic (exact) mass is 593 g/mol. The number of hydrogen-bond donors (Lipinski definition) is 2. The fourth-order valence-corrected chi connectivity index (χ4v) is 4.90. The van der Waals surface area contributed by atoms with Gasteiger partial charge in [0.05, 0.1) is 23.8 Å². The van der Waals surface area contributed by atoms with Crippen molar-refractivity contribution in [2.24, 2.45) is 0 Å². The molecule has 0 fully saturated rings. The van der Waals surface area contributed by atoms with E-state index in [1.807, 2.05) is 60.8 Å². The number of ether oxygens (including phenoxy) is 2. The van der Waals surface area contributed by atoms with E-state index in [1.54, 1.807) is 17.6 Å². The van der Waals surface area contributed by atoms with Crippen molar-refractivity contribution in [2.75, 3.05) is 13.2 Å². The van der Waals surface area contributed by atoms with Crippen molar-refractivity contribution in [3.8, 4) is 11.5 Å². The third-order valence-corrected chi connectivity index (χ3v) is 7.26.